The lowest BCUT2D eigenvalue weighted by Gasteiger charge is -2.19. The first-order chi connectivity index (χ1) is 7.05. The van der Waals surface area contributed by atoms with Crippen LogP contribution >= 0.6 is 0 Å². The van der Waals surface area contributed by atoms with E-state index in [2.05, 4.69) is 17.3 Å². The van der Waals surface area contributed by atoms with Gasteiger partial charge >= 0.3 is 0 Å². The van der Waals surface area contributed by atoms with Gasteiger partial charge in [-0.15, -0.1) is 0 Å². The van der Waals surface area contributed by atoms with Crippen molar-refractivity contribution in [2.45, 2.75) is 38.2 Å². The van der Waals surface area contributed by atoms with Crippen molar-refractivity contribution in [3.63, 3.8) is 0 Å². The summed E-state index contributed by atoms with van der Waals surface area (Å²) in [7, 11) is 2.17. The highest BCUT2D eigenvalue weighted by Gasteiger charge is 2.33. The fourth-order valence-corrected chi connectivity index (χ4v) is 2.26. The third-order valence-corrected chi connectivity index (χ3v) is 3.09. The Morgan fingerprint density at radius 2 is 2.27 bits per heavy atom. The Bertz CT molecular complexity index is 221. The fourth-order valence-electron chi connectivity index (χ4n) is 2.26. The first-order valence-electron chi connectivity index (χ1n) is 5.79. The molecule has 2 saturated heterocycles. The van der Waals surface area contributed by atoms with E-state index >= 15 is 0 Å². The summed E-state index contributed by atoms with van der Waals surface area (Å²) in [6.07, 6.45) is 1.46. The average Bonchev–Trinajstić information content (AvgIpc) is 2.69. The van der Waals surface area contributed by atoms with E-state index in [-0.39, 0.29) is 6.10 Å². The van der Waals surface area contributed by atoms with Crippen molar-refractivity contribution in [1.29, 1.82) is 0 Å². The summed E-state index contributed by atoms with van der Waals surface area (Å²) >= 11 is 0. The van der Waals surface area contributed by atoms with Crippen LogP contribution in [-0.4, -0.2) is 56.1 Å². The summed E-state index contributed by atoms with van der Waals surface area (Å²) in [5.41, 5.74) is 0. The molecule has 2 unspecified atom stereocenters. The van der Waals surface area contributed by atoms with Crippen LogP contribution in [-0.2, 0) is 9.47 Å². The molecule has 2 aliphatic heterocycles. The second-order valence-electron chi connectivity index (χ2n) is 5.11. The molecule has 0 aliphatic carbocycles. The van der Waals surface area contributed by atoms with Gasteiger partial charge in [-0.05, 0) is 33.9 Å². The van der Waals surface area contributed by atoms with E-state index in [0.717, 1.165) is 13.1 Å². The SMILES string of the molecule is CN1CCC(NCC2COC(C)(C)O2)C1. The Balaban J connectivity index is 1.66. The molecule has 4 nitrogen and oxygen atoms in total. The van der Waals surface area contributed by atoms with Gasteiger partial charge in [-0.2, -0.15) is 0 Å². The van der Waals surface area contributed by atoms with Crippen LogP contribution in [0, 0.1) is 0 Å². The Kier molecular flexibility index (Phi) is 3.30. The van der Waals surface area contributed by atoms with Gasteiger partial charge in [-0.25, -0.2) is 0 Å². The molecule has 2 aliphatic rings. The molecule has 2 atom stereocenters. The Labute approximate surface area is 91.9 Å². The van der Waals surface area contributed by atoms with Crippen molar-refractivity contribution in [2.24, 2.45) is 0 Å². The monoisotopic (exact) mass is 214 g/mol. The zero-order chi connectivity index (χ0) is 10.9. The first-order valence-corrected chi connectivity index (χ1v) is 5.79. The van der Waals surface area contributed by atoms with Crippen LogP contribution in [0.1, 0.15) is 20.3 Å². The lowest BCUT2D eigenvalue weighted by molar-refractivity contribution is -0.137. The van der Waals surface area contributed by atoms with E-state index in [1.807, 2.05) is 13.8 Å². The van der Waals surface area contributed by atoms with Gasteiger partial charge in [0.1, 0.15) is 0 Å². The van der Waals surface area contributed by atoms with Gasteiger partial charge in [-0.1, -0.05) is 0 Å². The lowest BCUT2D eigenvalue weighted by atomic mass is 10.2. The van der Waals surface area contributed by atoms with Crippen LogP contribution in [0.3, 0.4) is 0 Å². The highest BCUT2D eigenvalue weighted by atomic mass is 16.7. The third kappa shape index (κ3) is 3.14. The number of nitrogens with one attached hydrogen (secondary N) is 1. The molecule has 0 aromatic heterocycles. The Hall–Kier alpha value is -0.160. The molecule has 0 spiro atoms. The minimum absolute atomic E-state index is 0.214. The van der Waals surface area contributed by atoms with Crippen LogP contribution in [0.25, 0.3) is 0 Å². The van der Waals surface area contributed by atoms with Crippen molar-refractivity contribution in [2.75, 3.05) is 33.3 Å². The average molecular weight is 214 g/mol. The quantitative estimate of drug-likeness (QED) is 0.739. The predicted molar refractivity (Wildman–Crippen MR) is 58.8 cm³/mol. The molecule has 0 aromatic carbocycles. The summed E-state index contributed by atoms with van der Waals surface area (Å²) in [4.78, 5) is 2.35. The van der Waals surface area contributed by atoms with Crippen LogP contribution in [0.5, 0.6) is 0 Å². The Morgan fingerprint density at radius 1 is 1.47 bits per heavy atom. The van der Waals surface area contributed by atoms with Gasteiger partial charge in [-0.3, -0.25) is 0 Å². The maximum absolute atomic E-state index is 5.74. The van der Waals surface area contributed by atoms with Crippen LogP contribution in [0.15, 0.2) is 0 Å². The normalized spacial score (nSPS) is 36.2. The van der Waals surface area contributed by atoms with Crippen molar-refractivity contribution in [3.8, 4) is 0 Å². The van der Waals surface area contributed by atoms with Gasteiger partial charge in [0.2, 0.25) is 0 Å². The van der Waals surface area contributed by atoms with Crippen LogP contribution in [0.2, 0.25) is 0 Å². The number of likely N-dealkylation sites (tertiary alicyclic amines) is 1. The third-order valence-electron chi connectivity index (χ3n) is 3.09. The van der Waals surface area contributed by atoms with E-state index in [1.165, 1.54) is 13.0 Å². The number of hydrogen-bond acceptors (Lipinski definition) is 4. The molecule has 0 amide bonds. The molecule has 88 valence electrons. The molecular formula is C11H22N2O2. The molecule has 4 heteroatoms. The van der Waals surface area contributed by atoms with Crippen LogP contribution < -0.4 is 5.32 Å². The minimum atomic E-state index is -0.390. The number of likely N-dealkylation sites (N-methyl/N-ethyl adjacent to an activating group) is 1. The number of rotatable bonds is 3. The fraction of sp³-hybridized carbons (Fsp3) is 1.00. The highest BCUT2D eigenvalue weighted by molar-refractivity contribution is 4.81. The van der Waals surface area contributed by atoms with Gasteiger partial charge in [0, 0.05) is 19.1 Å². The predicted octanol–water partition coefficient (Wildman–Crippen LogP) is 0.432. The largest absolute Gasteiger partial charge is 0.348 e. The van der Waals surface area contributed by atoms with E-state index in [0.29, 0.717) is 12.6 Å². The first kappa shape index (κ1) is 11.3. The zero-order valence-electron chi connectivity index (χ0n) is 9.95. The van der Waals surface area contributed by atoms with E-state index in [9.17, 15) is 0 Å². The molecule has 15 heavy (non-hydrogen) atoms. The molecule has 2 heterocycles. The van der Waals surface area contributed by atoms with E-state index < -0.39 is 5.79 Å². The number of nitrogens with zero attached hydrogens (tertiary/aromatic N) is 1. The van der Waals surface area contributed by atoms with Gasteiger partial charge in [0.05, 0.1) is 12.7 Å². The molecular weight excluding hydrogens is 192 g/mol. The van der Waals surface area contributed by atoms with Crippen molar-refractivity contribution in [3.05, 3.63) is 0 Å². The molecule has 0 bridgehead atoms. The van der Waals surface area contributed by atoms with Crippen molar-refractivity contribution >= 4 is 0 Å². The molecule has 0 saturated carbocycles. The smallest absolute Gasteiger partial charge is 0.163 e. The molecule has 0 aromatic rings. The Morgan fingerprint density at radius 3 is 2.80 bits per heavy atom. The molecule has 2 fully saturated rings. The zero-order valence-corrected chi connectivity index (χ0v) is 9.95. The summed E-state index contributed by atoms with van der Waals surface area (Å²) in [6, 6.07) is 0.627. The molecule has 0 radical (unpaired) electrons. The second-order valence-corrected chi connectivity index (χ2v) is 5.11. The number of hydrogen-bond donors (Lipinski definition) is 1. The standard InChI is InChI=1S/C11H22N2O2/c1-11(2)14-8-10(15-11)6-12-9-4-5-13(3)7-9/h9-10,12H,4-8H2,1-3H3. The maximum atomic E-state index is 5.74. The topological polar surface area (TPSA) is 33.7 Å². The van der Waals surface area contributed by atoms with Gasteiger partial charge in [0.25, 0.3) is 0 Å². The molecule has 1 N–H and O–H groups in total. The second kappa shape index (κ2) is 4.37. The van der Waals surface area contributed by atoms with Crippen molar-refractivity contribution < 1.29 is 9.47 Å². The summed E-state index contributed by atoms with van der Waals surface area (Å²) < 4.78 is 11.3. The minimum Gasteiger partial charge on any atom is -0.348 e. The highest BCUT2D eigenvalue weighted by Crippen LogP contribution is 2.21. The van der Waals surface area contributed by atoms with Crippen LogP contribution in [0.4, 0.5) is 0 Å². The summed E-state index contributed by atoms with van der Waals surface area (Å²) in [5, 5.41) is 3.55. The summed E-state index contributed by atoms with van der Waals surface area (Å²) in [6.45, 7) is 7.90. The lowest BCUT2D eigenvalue weighted by Crippen LogP contribution is -2.38. The van der Waals surface area contributed by atoms with Gasteiger partial charge < -0.3 is 19.7 Å². The number of ether oxygens (including phenoxy) is 2. The van der Waals surface area contributed by atoms with E-state index in [1.54, 1.807) is 0 Å². The van der Waals surface area contributed by atoms with E-state index in [4.69, 9.17) is 9.47 Å². The van der Waals surface area contributed by atoms with Gasteiger partial charge in [0.15, 0.2) is 5.79 Å². The maximum Gasteiger partial charge on any atom is 0.163 e. The summed E-state index contributed by atoms with van der Waals surface area (Å²) in [5.74, 6) is -0.390. The van der Waals surface area contributed by atoms with Crippen molar-refractivity contribution in [1.82, 2.24) is 10.2 Å². The molecule has 2 rings (SSSR count).